The van der Waals surface area contributed by atoms with Gasteiger partial charge in [0.1, 0.15) is 4.34 Å². The minimum absolute atomic E-state index is 0.0656. The lowest BCUT2D eigenvalue weighted by atomic mass is 9.93. The molecule has 17 heavy (non-hydrogen) atoms. The van der Waals surface area contributed by atoms with Gasteiger partial charge in [-0.3, -0.25) is 9.69 Å². The predicted octanol–water partition coefficient (Wildman–Crippen LogP) is 3.97. The topological polar surface area (TPSA) is 20.3 Å². The number of thiophene rings is 1. The zero-order valence-electron chi connectivity index (χ0n) is 9.93. The molecule has 2 rings (SSSR count). The number of ketones is 1. The molecule has 0 spiro atoms. The Bertz CT molecular complexity index is 442. The molecule has 5 heteroatoms. The largest absolute Gasteiger partial charge is 0.295 e. The zero-order valence-corrected chi connectivity index (χ0v) is 12.3. The van der Waals surface area contributed by atoms with Crippen LogP contribution in [0.2, 0.25) is 8.67 Å². The Hall–Kier alpha value is -0.0900. The molecule has 0 amide bonds. The van der Waals surface area contributed by atoms with Crippen LogP contribution in [0.25, 0.3) is 0 Å². The summed E-state index contributed by atoms with van der Waals surface area (Å²) in [5.41, 5.74) is 0.877. The Balaban J connectivity index is 2.01. The lowest BCUT2D eigenvalue weighted by Crippen LogP contribution is -2.29. The van der Waals surface area contributed by atoms with Crippen molar-refractivity contribution in [1.29, 1.82) is 0 Å². The van der Waals surface area contributed by atoms with Crippen molar-refractivity contribution in [1.82, 2.24) is 4.90 Å². The van der Waals surface area contributed by atoms with Gasteiger partial charge in [-0.15, -0.1) is 11.3 Å². The molecule has 0 unspecified atom stereocenters. The highest BCUT2D eigenvalue weighted by molar-refractivity contribution is 7.20. The molecular formula is C12H15Cl2NOS. The Morgan fingerprint density at radius 2 is 2.24 bits per heavy atom. The van der Waals surface area contributed by atoms with Crippen molar-refractivity contribution in [2.45, 2.75) is 20.3 Å². The molecule has 1 aromatic rings. The highest BCUT2D eigenvalue weighted by Gasteiger charge is 2.30. The molecular weight excluding hydrogens is 277 g/mol. The second-order valence-electron chi connectivity index (χ2n) is 5.29. The number of halogens is 2. The average molecular weight is 292 g/mol. The van der Waals surface area contributed by atoms with E-state index in [9.17, 15) is 4.79 Å². The molecule has 1 aliphatic heterocycles. The maximum absolute atomic E-state index is 12.1. The zero-order chi connectivity index (χ0) is 12.6. The van der Waals surface area contributed by atoms with Crippen molar-refractivity contribution in [3.63, 3.8) is 0 Å². The second-order valence-corrected chi connectivity index (χ2v) is 7.57. The maximum atomic E-state index is 12.1. The third-order valence-corrected chi connectivity index (χ3v) is 4.57. The van der Waals surface area contributed by atoms with E-state index < -0.39 is 0 Å². The summed E-state index contributed by atoms with van der Waals surface area (Å²) < 4.78 is 1.07. The van der Waals surface area contributed by atoms with Crippen LogP contribution in [0.4, 0.5) is 0 Å². The fourth-order valence-corrected chi connectivity index (χ4v) is 3.68. The summed E-state index contributed by atoms with van der Waals surface area (Å²) >= 11 is 13.1. The smallest absolute Gasteiger partial charge is 0.179 e. The highest BCUT2D eigenvalue weighted by atomic mass is 35.5. The van der Waals surface area contributed by atoms with Crippen molar-refractivity contribution in [2.75, 3.05) is 19.6 Å². The van der Waals surface area contributed by atoms with Gasteiger partial charge in [-0.05, 0) is 24.4 Å². The van der Waals surface area contributed by atoms with Crippen LogP contribution in [0, 0.1) is 5.41 Å². The molecule has 2 nitrogen and oxygen atoms in total. The summed E-state index contributed by atoms with van der Waals surface area (Å²) in [5, 5.41) is 0. The summed E-state index contributed by atoms with van der Waals surface area (Å²) in [6.45, 7) is 6.84. The molecule has 0 bridgehead atoms. The number of nitrogens with zero attached hydrogens (tertiary/aromatic N) is 1. The Morgan fingerprint density at radius 1 is 1.53 bits per heavy atom. The van der Waals surface area contributed by atoms with Crippen molar-refractivity contribution in [3.8, 4) is 0 Å². The fourth-order valence-electron chi connectivity index (χ4n) is 2.18. The quantitative estimate of drug-likeness (QED) is 0.786. The normalized spacial score (nSPS) is 19.8. The van der Waals surface area contributed by atoms with Crippen LogP contribution in [0.1, 0.15) is 30.6 Å². The summed E-state index contributed by atoms with van der Waals surface area (Å²) in [7, 11) is 0. The number of Topliss-reactive ketones (excluding diaryl/α,β-unsaturated/α-hetero) is 1. The lowest BCUT2D eigenvalue weighted by Gasteiger charge is -2.18. The van der Waals surface area contributed by atoms with Gasteiger partial charge in [-0.2, -0.15) is 0 Å². The second kappa shape index (κ2) is 4.88. The van der Waals surface area contributed by atoms with Gasteiger partial charge in [0.2, 0.25) is 0 Å². The molecule has 1 aliphatic rings. The molecule has 1 saturated heterocycles. The van der Waals surface area contributed by atoms with E-state index in [-0.39, 0.29) is 5.78 Å². The van der Waals surface area contributed by atoms with E-state index in [2.05, 4.69) is 18.7 Å². The minimum Gasteiger partial charge on any atom is -0.295 e. The number of carbonyl (C=O) groups excluding carboxylic acids is 1. The number of rotatable bonds is 3. The van der Waals surface area contributed by atoms with Gasteiger partial charge in [0, 0.05) is 6.54 Å². The summed E-state index contributed by atoms with van der Waals surface area (Å²) in [4.78, 5) is 14.3. The van der Waals surface area contributed by atoms with E-state index in [1.54, 1.807) is 6.07 Å². The molecule has 94 valence electrons. The molecule has 0 radical (unpaired) electrons. The maximum Gasteiger partial charge on any atom is 0.179 e. The first-order valence-corrected chi connectivity index (χ1v) is 7.15. The summed E-state index contributed by atoms with van der Waals surface area (Å²) in [6, 6.07) is 1.66. The summed E-state index contributed by atoms with van der Waals surface area (Å²) in [5.74, 6) is 0.0656. The van der Waals surface area contributed by atoms with Crippen LogP contribution in [-0.2, 0) is 0 Å². The van der Waals surface area contributed by atoms with Gasteiger partial charge in [0.05, 0.1) is 16.4 Å². The van der Waals surface area contributed by atoms with Crippen LogP contribution in [-0.4, -0.2) is 30.3 Å². The molecule has 1 fully saturated rings. The Morgan fingerprint density at radius 3 is 2.71 bits per heavy atom. The van der Waals surface area contributed by atoms with Crippen molar-refractivity contribution < 1.29 is 4.79 Å². The van der Waals surface area contributed by atoms with Crippen LogP contribution in [0.3, 0.4) is 0 Å². The third kappa shape index (κ3) is 3.22. The van der Waals surface area contributed by atoms with Crippen LogP contribution in [0.15, 0.2) is 6.07 Å². The predicted molar refractivity (Wildman–Crippen MR) is 73.5 cm³/mol. The Kier molecular flexibility index (Phi) is 3.83. The first-order chi connectivity index (χ1) is 7.87. The van der Waals surface area contributed by atoms with Crippen molar-refractivity contribution in [3.05, 3.63) is 20.3 Å². The van der Waals surface area contributed by atoms with Gasteiger partial charge in [0.25, 0.3) is 0 Å². The lowest BCUT2D eigenvalue weighted by molar-refractivity contribution is 0.0941. The van der Waals surface area contributed by atoms with Gasteiger partial charge >= 0.3 is 0 Å². The average Bonchev–Trinajstić information content (AvgIpc) is 2.69. The summed E-state index contributed by atoms with van der Waals surface area (Å²) in [6.07, 6.45) is 1.14. The van der Waals surface area contributed by atoms with E-state index in [1.807, 2.05) is 0 Å². The molecule has 0 aromatic carbocycles. The van der Waals surface area contributed by atoms with Crippen molar-refractivity contribution in [2.24, 2.45) is 5.41 Å². The molecule has 0 atom stereocenters. The van der Waals surface area contributed by atoms with Crippen molar-refractivity contribution >= 4 is 40.3 Å². The minimum atomic E-state index is 0.0656. The Labute approximate surface area is 116 Å². The highest BCUT2D eigenvalue weighted by Crippen LogP contribution is 2.33. The standard InChI is InChI=1S/C12H15Cl2NOS/c1-12(2)3-4-15(7-12)6-9(16)8-5-10(13)17-11(8)14/h5H,3-4,6-7H2,1-2H3. The number of hydrogen-bond acceptors (Lipinski definition) is 3. The third-order valence-electron chi connectivity index (χ3n) is 3.08. The van der Waals surface area contributed by atoms with E-state index in [4.69, 9.17) is 23.2 Å². The van der Waals surface area contributed by atoms with Gasteiger partial charge in [0.15, 0.2) is 5.78 Å². The molecule has 2 heterocycles. The fraction of sp³-hybridized carbons (Fsp3) is 0.583. The SMILES string of the molecule is CC1(C)CCN(CC(=O)c2cc(Cl)sc2Cl)C1. The van der Waals surface area contributed by atoms with E-state index in [0.717, 1.165) is 19.5 Å². The van der Waals surface area contributed by atoms with Crippen LogP contribution in [0.5, 0.6) is 0 Å². The number of likely N-dealkylation sites (tertiary alicyclic amines) is 1. The molecule has 1 aromatic heterocycles. The number of hydrogen-bond donors (Lipinski definition) is 0. The van der Waals surface area contributed by atoms with Gasteiger partial charge < -0.3 is 0 Å². The first kappa shape index (κ1) is 13.3. The van der Waals surface area contributed by atoms with Gasteiger partial charge in [-0.25, -0.2) is 0 Å². The van der Waals surface area contributed by atoms with E-state index in [1.165, 1.54) is 11.3 Å². The van der Waals surface area contributed by atoms with E-state index in [0.29, 0.717) is 26.2 Å². The first-order valence-electron chi connectivity index (χ1n) is 5.58. The molecule has 0 saturated carbocycles. The molecule has 0 aliphatic carbocycles. The van der Waals surface area contributed by atoms with Gasteiger partial charge in [-0.1, -0.05) is 37.0 Å². The van der Waals surface area contributed by atoms with E-state index >= 15 is 0 Å². The van der Waals surface area contributed by atoms with Crippen LogP contribution >= 0.6 is 34.5 Å². The molecule has 0 N–H and O–H groups in total. The number of carbonyl (C=O) groups is 1. The van der Waals surface area contributed by atoms with Crippen LogP contribution < -0.4 is 0 Å². The monoisotopic (exact) mass is 291 g/mol.